The highest BCUT2D eigenvalue weighted by Crippen LogP contribution is 2.62. The quantitative estimate of drug-likeness (QED) is 0.00854. The molecule has 3 atom stereocenters. The van der Waals surface area contributed by atoms with Crippen LogP contribution in [0.1, 0.15) is 174 Å². The number of amides is 6. The Bertz CT molecular complexity index is 3480. The number of fused-ring (bicyclic) bond motifs is 2. The number of anilines is 3. The summed E-state index contributed by atoms with van der Waals surface area (Å²) in [6, 6.07) is 20.9. The molecular formula is C69H91N13O12. The summed E-state index contributed by atoms with van der Waals surface area (Å²) in [4.78, 5) is 114. The highest BCUT2D eigenvalue weighted by molar-refractivity contribution is 5.97. The molecule has 10 N–H and O–H groups in total. The van der Waals surface area contributed by atoms with Crippen molar-refractivity contribution in [2.45, 2.75) is 164 Å². The Kier molecular flexibility index (Phi) is 25.4. The van der Waals surface area contributed by atoms with E-state index in [0.717, 1.165) is 134 Å². The number of hydrogen-bond donors (Lipinski definition) is 7. The summed E-state index contributed by atoms with van der Waals surface area (Å²) in [5, 5.41) is 16.5. The van der Waals surface area contributed by atoms with E-state index < -0.39 is 46.9 Å². The second-order valence-electron chi connectivity index (χ2n) is 24.9. The number of nitrogens with two attached hydrogens (primary N) is 3. The first-order chi connectivity index (χ1) is 45.7. The van der Waals surface area contributed by atoms with E-state index in [4.69, 9.17) is 41.4 Å². The number of ether oxygens (including phenoxy) is 3. The molecule has 10 rings (SSSR count). The third-order valence-corrected chi connectivity index (χ3v) is 18.4. The number of hydrogen-bond acceptors (Lipinski definition) is 16. The summed E-state index contributed by atoms with van der Waals surface area (Å²) in [6.45, 7) is 2.40. The van der Waals surface area contributed by atoms with E-state index in [1.54, 1.807) is 0 Å². The van der Waals surface area contributed by atoms with Crippen LogP contribution in [0, 0.1) is 0 Å². The van der Waals surface area contributed by atoms with Gasteiger partial charge in [-0.3, -0.25) is 38.2 Å². The third-order valence-electron chi connectivity index (χ3n) is 18.4. The van der Waals surface area contributed by atoms with Gasteiger partial charge in [-0.2, -0.15) is 0 Å². The minimum absolute atomic E-state index is 0.0197. The van der Waals surface area contributed by atoms with Crippen molar-refractivity contribution in [1.82, 2.24) is 19.7 Å². The molecule has 2 saturated heterocycles. The van der Waals surface area contributed by atoms with E-state index in [9.17, 15) is 38.4 Å². The Labute approximate surface area is 547 Å². The molecule has 5 aliphatic rings. The molecule has 25 nitrogen and oxygen atoms in total. The smallest absolute Gasteiger partial charge is 0.422 e. The van der Waals surface area contributed by atoms with Gasteiger partial charge in [-0.1, -0.05) is 81.1 Å². The van der Waals surface area contributed by atoms with Gasteiger partial charge in [-0.05, 0) is 158 Å². The van der Waals surface area contributed by atoms with Crippen LogP contribution < -0.4 is 54.6 Å². The molecule has 0 saturated carbocycles. The predicted molar refractivity (Wildman–Crippen MR) is 357 cm³/mol. The lowest BCUT2D eigenvalue weighted by Gasteiger charge is -2.51. The van der Waals surface area contributed by atoms with Crippen LogP contribution in [0.15, 0.2) is 91.9 Å². The molecule has 504 valence electrons. The molecule has 0 radical (unpaired) electrons. The van der Waals surface area contributed by atoms with E-state index in [1.165, 1.54) is 35.0 Å². The van der Waals surface area contributed by atoms with Crippen molar-refractivity contribution in [3.05, 3.63) is 138 Å². The number of unbranched alkanes of at least 4 members (excludes halogenated alkanes) is 12. The summed E-state index contributed by atoms with van der Waals surface area (Å²) in [7, 11) is 1.42. The zero-order valence-corrected chi connectivity index (χ0v) is 54.0. The Morgan fingerprint density at radius 2 is 1.12 bits per heavy atom. The number of piperazine rings is 1. The van der Waals surface area contributed by atoms with Crippen molar-refractivity contribution in [2.75, 3.05) is 81.6 Å². The van der Waals surface area contributed by atoms with Crippen LogP contribution in [-0.2, 0) is 50.7 Å². The monoisotopic (exact) mass is 1290 g/mol. The molecule has 5 aromatic rings. The fraction of sp³-hybridized carbons (Fsp3) is 0.536. The van der Waals surface area contributed by atoms with Crippen molar-refractivity contribution in [2.24, 2.45) is 29.4 Å². The van der Waals surface area contributed by atoms with E-state index in [1.807, 2.05) is 36.4 Å². The SMILES string of the molecule is Cn1c(=O)oc(=O)c2ccc(OC3C(=O)N4CC(N=[N+]=[N-])C[C@H]4C(=O)N3CCOCCOCCNC(=O)CCC34c5cc(NC(=O)CCCCCCCN)ccc5C(c5ccc(NC(=O)CCCCCCCN)cc53)c3ccc(NC(=O)CCCCCCCN)cc34)cc21. The van der Waals surface area contributed by atoms with Gasteiger partial charge in [0.2, 0.25) is 29.5 Å². The molecule has 2 aliphatic heterocycles. The number of carbonyl (C=O) groups excluding carboxylic acids is 6. The molecule has 2 unspecified atom stereocenters. The van der Waals surface area contributed by atoms with Crippen LogP contribution >= 0.6 is 0 Å². The topological polar surface area (TPSA) is 364 Å². The number of carbonyl (C=O) groups is 6. The van der Waals surface area contributed by atoms with Gasteiger partial charge in [0.05, 0.1) is 43.4 Å². The molecule has 25 heteroatoms. The minimum atomic E-state index is -1.45. The van der Waals surface area contributed by atoms with Crippen LogP contribution in [0.5, 0.6) is 5.75 Å². The molecule has 3 heterocycles. The largest absolute Gasteiger partial charge is 0.461 e. The maximum Gasteiger partial charge on any atom is 0.422 e. The van der Waals surface area contributed by atoms with Crippen molar-refractivity contribution < 1.29 is 47.4 Å². The van der Waals surface area contributed by atoms with E-state index in [-0.39, 0.29) is 112 Å². The maximum atomic E-state index is 14.3. The first kappa shape index (κ1) is 69.9. The fourth-order valence-electron chi connectivity index (χ4n) is 13.6. The van der Waals surface area contributed by atoms with E-state index in [2.05, 4.69) is 49.5 Å². The van der Waals surface area contributed by atoms with E-state index >= 15 is 0 Å². The number of benzene rings is 4. The Morgan fingerprint density at radius 1 is 0.617 bits per heavy atom. The molecule has 0 spiro atoms. The molecule has 4 aromatic carbocycles. The molecule has 94 heavy (non-hydrogen) atoms. The van der Waals surface area contributed by atoms with Crippen LogP contribution in [0.2, 0.25) is 0 Å². The van der Waals surface area contributed by atoms with Crippen molar-refractivity contribution in [3.8, 4) is 5.75 Å². The number of azide groups is 1. The van der Waals surface area contributed by atoms with Gasteiger partial charge in [-0.25, -0.2) is 9.59 Å². The number of aryl methyl sites for hydroxylation is 1. The zero-order valence-electron chi connectivity index (χ0n) is 54.0. The van der Waals surface area contributed by atoms with Crippen molar-refractivity contribution in [3.63, 3.8) is 0 Å². The number of rotatable bonds is 39. The third kappa shape index (κ3) is 17.1. The summed E-state index contributed by atoms with van der Waals surface area (Å²) in [5.74, 6) is -2.53. The summed E-state index contributed by atoms with van der Waals surface area (Å²) in [6.07, 6.45) is 14.0. The van der Waals surface area contributed by atoms with Crippen LogP contribution in [0.25, 0.3) is 21.3 Å². The standard InChI is InChI=1S/C69H91N13O12/c1-80-57-43-49(23-27-53(57)67(89)94-68(80)90)93-66-65(88)82-44-48(78-79-73)42-58(82)64(87)81(66)34-36-92-38-37-91-35-33-74-59(83)28-29-69-54-39-45(75-60(84)17-11-5-2-8-14-30-70)20-24-50(54)63(51-25-21-46(40-55(51)69)76-61(85)18-12-6-3-9-15-31-71)52-26-22-47(41-56(52)69)77-62(86)19-13-7-4-10-16-32-72/h20-27,39-41,43,48,58,63,66H,2-19,28-38,42,44,70-72H2,1H3,(H,74,83)(H,75,84)(H,76,85)(H,77,86)/t48?,58-,63?,66?,69?/m0/s1. The molecule has 6 amide bonds. The number of aromatic nitrogens is 1. The maximum absolute atomic E-state index is 14.3. The number of nitrogens with zero attached hydrogens (tertiary/aromatic N) is 6. The first-order valence-corrected chi connectivity index (χ1v) is 33.5. The van der Waals surface area contributed by atoms with Gasteiger partial charge >= 0.3 is 11.4 Å². The van der Waals surface area contributed by atoms with Gasteiger partial charge in [0.15, 0.2) is 0 Å². The second-order valence-corrected chi connectivity index (χ2v) is 24.9. The normalized spacial score (nSPS) is 18.3. The molecule has 2 fully saturated rings. The lowest BCUT2D eigenvalue weighted by atomic mass is 9.51. The van der Waals surface area contributed by atoms with Gasteiger partial charge in [-0.15, -0.1) is 0 Å². The Morgan fingerprint density at radius 3 is 1.63 bits per heavy atom. The summed E-state index contributed by atoms with van der Waals surface area (Å²) < 4.78 is 23.9. The van der Waals surface area contributed by atoms with Gasteiger partial charge in [0, 0.05) is 91.7 Å². The second kappa shape index (κ2) is 34.1. The lowest BCUT2D eigenvalue weighted by molar-refractivity contribution is -0.172. The fourth-order valence-corrected chi connectivity index (χ4v) is 13.6. The zero-order chi connectivity index (χ0) is 66.6. The van der Waals surface area contributed by atoms with Crippen LogP contribution in [0.3, 0.4) is 0 Å². The van der Waals surface area contributed by atoms with Crippen molar-refractivity contribution >= 4 is 63.4 Å². The number of nitrogens with one attached hydrogen (secondary N) is 4. The highest BCUT2D eigenvalue weighted by atomic mass is 16.5. The molecular weight excluding hydrogens is 1200 g/mol. The first-order valence-electron chi connectivity index (χ1n) is 33.5. The van der Waals surface area contributed by atoms with Gasteiger partial charge < -0.3 is 62.0 Å². The predicted octanol–water partition coefficient (Wildman–Crippen LogP) is 7.80. The minimum Gasteiger partial charge on any atom is -0.461 e. The molecule has 3 aliphatic carbocycles. The Balaban J connectivity index is 0.883. The van der Waals surface area contributed by atoms with Crippen LogP contribution in [-0.4, -0.2) is 134 Å². The molecule has 2 bridgehead atoms. The van der Waals surface area contributed by atoms with Gasteiger partial charge in [0.25, 0.3) is 12.1 Å². The highest BCUT2D eigenvalue weighted by Gasteiger charge is 2.53. The average molecular weight is 1290 g/mol. The van der Waals surface area contributed by atoms with E-state index in [0.29, 0.717) is 56.0 Å². The lowest BCUT2D eigenvalue weighted by Crippen LogP contribution is -2.65. The van der Waals surface area contributed by atoms with Crippen LogP contribution in [0.4, 0.5) is 17.1 Å². The summed E-state index contributed by atoms with van der Waals surface area (Å²) >= 11 is 0. The van der Waals surface area contributed by atoms with Crippen molar-refractivity contribution in [1.29, 1.82) is 0 Å². The van der Waals surface area contributed by atoms with Gasteiger partial charge in [0.1, 0.15) is 11.8 Å². The summed E-state index contributed by atoms with van der Waals surface area (Å²) in [5.41, 5.74) is 32.4. The average Bonchev–Trinajstić information content (AvgIpc) is 0.769. The molecule has 1 aromatic heterocycles. The Hall–Kier alpha value is -8.45.